The molecule has 1 aromatic rings. The second-order valence-corrected chi connectivity index (χ2v) is 4.77. The monoisotopic (exact) mass is 301 g/mol. The molecule has 0 atom stereocenters. The van der Waals surface area contributed by atoms with Crippen molar-refractivity contribution in [2.75, 3.05) is 12.3 Å². The van der Waals surface area contributed by atoms with Crippen molar-refractivity contribution < 1.29 is 22.4 Å². The number of benzene rings is 1. The highest BCUT2D eigenvalue weighted by Crippen LogP contribution is 2.29. The minimum atomic E-state index is -4.34. The molecule has 100 valence electrons. The fourth-order valence-corrected chi connectivity index (χ4v) is 1.69. The molecule has 0 bridgehead atoms. The van der Waals surface area contributed by atoms with Crippen LogP contribution in [-0.2, 0) is 0 Å². The van der Waals surface area contributed by atoms with E-state index in [1.165, 1.54) is 12.1 Å². The number of alkyl halides is 3. The van der Waals surface area contributed by atoms with E-state index >= 15 is 0 Å². The third-order valence-electron chi connectivity index (χ3n) is 1.83. The lowest BCUT2D eigenvalue weighted by Gasteiger charge is -2.07. The summed E-state index contributed by atoms with van der Waals surface area (Å²) in [6.45, 7) is -0.203. The van der Waals surface area contributed by atoms with Gasteiger partial charge in [-0.3, -0.25) is 4.79 Å². The van der Waals surface area contributed by atoms with Crippen LogP contribution in [0.5, 0.6) is 0 Å². The van der Waals surface area contributed by atoms with Crippen molar-refractivity contribution in [1.82, 2.24) is 5.32 Å². The van der Waals surface area contributed by atoms with Gasteiger partial charge < -0.3 is 5.32 Å². The summed E-state index contributed by atoms with van der Waals surface area (Å²) in [6.07, 6.45) is 0. The smallest absolute Gasteiger partial charge is 0.351 e. The maximum atomic E-state index is 13.3. The van der Waals surface area contributed by atoms with Crippen LogP contribution in [0.25, 0.3) is 0 Å². The zero-order chi connectivity index (χ0) is 13.8. The molecule has 0 heterocycles. The largest absolute Gasteiger partial charge is 0.441 e. The van der Waals surface area contributed by atoms with E-state index in [0.29, 0.717) is 0 Å². The number of carbonyl (C=O) groups is 1. The number of thioether (sulfide) groups is 1. The summed E-state index contributed by atoms with van der Waals surface area (Å²) in [7, 11) is 0. The van der Waals surface area contributed by atoms with Crippen molar-refractivity contribution >= 4 is 29.3 Å². The molecule has 0 aliphatic heterocycles. The maximum absolute atomic E-state index is 13.3. The number of hydrogen-bond donors (Lipinski definition) is 1. The molecule has 0 fully saturated rings. The minimum Gasteiger partial charge on any atom is -0.351 e. The third kappa shape index (κ3) is 5.14. The molecule has 0 radical (unpaired) electrons. The van der Waals surface area contributed by atoms with E-state index in [-0.39, 0.29) is 34.6 Å². The molecule has 1 rings (SSSR count). The molecule has 1 N–H and O–H groups in total. The molecule has 18 heavy (non-hydrogen) atoms. The van der Waals surface area contributed by atoms with E-state index in [1.54, 1.807) is 0 Å². The zero-order valence-corrected chi connectivity index (χ0v) is 10.4. The first-order valence-corrected chi connectivity index (χ1v) is 6.10. The van der Waals surface area contributed by atoms with Crippen LogP contribution in [0.4, 0.5) is 17.6 Å². The molecule has 8 heteroatoms. The highest BCUT2D eigenvalue weighted by atomic mass is 35.5. The van der Waals surface area contributed by atoms with Crippen molar-refractivity contribution in [2.45, 2.75) is 5.51 Å². The first kappa shape index (κ1) is 15.1. The summed E-state index contributed by atoms with van der Waals surface area (Å²) < 4.78 is 48.6. The van der Waals surface area contributed by atoms with Crippen molar-refractivity contribution in [3.8, 4) is 0 Å². The van der Waals surface area contributed by atoms with E-state index in [4.69, 9.17) is 11.6 Å². The Hall–Kier alpha value is -0.950. The van der Waals surface area contributed by atoms with Gasteiger partial charge in [0.1, 0.15) is 5.82 Å². The molecule has 2 nitrogen and oxygen atoms in total. The lowest BCUT2D eigenvalue weighted by Crippen LogP contribution is -2.27. The first-order chi connectivity index (χ1) is 8.29. The fourth-order valence-electron chi connectivity index (χ4n) is 1.10. The van der Waals surface area contributed by atoms with Crippen LogP contribution in [0.1, 0.15) is 10.4 Å². The molecule has 1 amide bonds. The Labute approximate surface area is 110 Å². The number of nitrogens with one attached hydrogen (secondary N) is 1. The molecule has 0 spiro atoms. The van der Waals surface area contributed by atoms with Crippen LogP contribution in [0.2, 0.25) is 5.02 Å². The van der Waals surface area contributed by atoms with Crippen LogP contribution in [0, 0.1) is 5.82 Å². The summed E-state index contributed by atoms with van der Waals surface area (Å²) in [5.41, 5.74) is -4.59. The second-order valence-electron chi connectivity index (χ2n) is 3.17. The van der Waals surface area contributed by atoms with Crippen LogP contribution < -0.4 is 5.32 Å². The Morgan fingerprint density at radius 3 is 2.61 bits per heavy atom. The standard InChI is InChI=1S/C10H8ClF4NOS/c11-6-1-2-7(8(12)5-6)9(17)16-3-4-18-10(13,14)15/h1-2,5H,3-4H2,(H,16,17). The van der Waals surface area contributed by atoms with Gasteiger partial charge in [0.15, 0.2) is 0 Å². The average Bonchev–Trinajstić information content (AvgIpc) is 2.22. The number of rotatable bonds is 4. The average molecular weight is 302 g/mol. The molecule has 0 saturated heterocycles. The zero-order valence-electron chi connectivity index (χ0n) is 8.85. The van der Waals surface area contributed by atoms with Gasteiger partial charge in [-0.2, -0.15) is 13.2 Å². The van der Waals surface area contributed by atoms with E-state index in [0.717, 1.165) is 6.07 Å². The highest BCUT2D eigenvalue weighted by molar-refractivity contribution is 8.00. The Morgan fingerprint density at radius 2 is 2.06 bits per heavy atom. The molecule has 0 aliphatic rings. The highest BCUT2D eigenvalue weighted by Gasteiger charge is 2.27. The van der Waals surface area contributed by atoms with Crippen LogP contribution in [-0.4, -0.2) is 23.7 Å². The predicted molar refractivity (Wildman–Crippen MR) is 62.3 cm³/mol. The number of carbonyl (C=O) groups excluding carboxylic acids is 1. The van der Waals surface area contributed by atoms with Gasteiger partial charge in [0, 0.05) is 17.3 Å². The summed E-state index contributed by atoms with van der Waals surface area (Å²) in [6, 6.07) is 3.45. The van der Waals surface area contributed by atoms with E-state index < -0.39 is 17.2 Å². The number of halogens is 5. The summed E-state index contributed by atoms with van der Waals surface area (Å²) >= 11 is 5.25. The quantitative estimate of drug-likeness (QED) is 0.681. The molecule has 1 aromatic carbocycles. The molecular formula is C10H8ClF4NOS. The van der Waals surface area contributed by atoms with Crippen LogP contribution in [0.15, 0.2) is 18.2 Å². The summed E-state index contributed by atoms with van der Waals surface area (Å²) in [4.78, 5) is 11.4. The normalized spacial score (nSPS) is 11.4. The van der Waals surface area contributed by atoms with Gasteiger partial charge >= 0.3 is 5.51 Å². The topological polar surface area (TPSA) is 29.1 Å². The van der Waals surface area contributed by atoms with Gasteiger partial charge in [0.2, 0.25) is 0 Å². The Morgan fingerprint density at radius 1 is 1.39 bits per heavy atom. The van der Waals surface area contributed by atoms with Gasteiger partial charge in [-0.1, -0.05) is 11.6 Å². The SMILES string of the molecule is O=C(NCCSC(F)(F)F)c1ccc(Cl)cc1F. The van der Waals surface area contributed by atoms with Crippen molar-refractivity contribution in [3.05, 3.63) is 34.6 Å². The Kier molecular flexibility index (Phi) is 5.28. The molecular weight excluding hydrogens is 294 g/mol. The van der Waals surface area contributed by atoms with Gasteiger partial charge in [-0.05, 0) is 30.0 Å². The van der Waals surface area contributed by atoms with Crippen molar-refractivity contribution in [2.24, 2.45) is 0 Å². The van der Waals surface area contributed by atoms with Crippen molar-refractivity contribution in [1.29, 1.82) is 0 Å². The molecule has 0 aliphatic carbocycles. The second kappa shape index (κ2) is 6.29. The Bertz CT molecular complexity index is 438. The molecule has 0 unspecified atom stereocenters. The lowest BCUT2D eigenvalue weighted by atomic mass is 10.2. The van der Waals surface area contributed by atoms with Crippen LogP contribution in [0.3, 0.4) is 0 Å². The van der Waals surface area contributed by atoms with Gasteiger partial charge in [0.25, 0.3) is 5.91 Å². The fraction of sp³-hybridized carbons (Fsp3) is 0.300. The first-order valence-electron chi connectivity index (χ1n) is 4.73. The van der Waals surface area contributed by atoms with Crippen LogP contribution >= 0.6 is 23.4 Å². The van der Waals surface area contributed by atoms with E-state index in [1.807, 2.05) is 0 Å². The van der Waals surface area contributed by atoms with E-state index in [9.17, 15) is 22.4 Å². The van der Waals surface area contributed by atoms with Gasteiger partial charge in [-0.25, -0.2) is 4.39 Å². The lowest BCUT2D eigenvalue weighted by molar-refractivity contribution is -0.0327. The number of amides is 1. The maximum Gasteiger partial charge on any atom is 0.441 e. The summed E-state index contributed by atoms with van der Waals surface area (Å²) in [5.74, 6) is -1.92. The minimum absolute atomic E-state index is 0.136. The summed E-state index contributed by atoms with van der Waals surface area (Å²) in [5, 5.41) is 2.32. The van der Waals surface area contributed by atoms with Gasteiger partial charge in [-0.15, -0.1) is 0 Å². The van der Waals surface area contributed by atoms with Gasteiger partial charge in [0.05, 0.1) is 5.56 Å². The molecule has 0 aromatic heterocycles. The van der Waals surface area contributed by atoms with E-state index in [2.05, 4.69) is 5.32 Å². The number of hydrogen-bond acceptors (Lipinski definition) is 2. The Balaban J connectivity index is 2.46. The third-order valence-corrected chi connectivity index (χ3v) is 2.80. The predicted octanol–water partition coefficient (Wildman–Crippen LogP) is 3.46. The van der Waals surface area contributed by atoms with Crippen molar-refractivity contribution in [3.63, 3.8) is 0 Å². The molecule has 0 saturated carbocycles.